The van der Waals surface area contributed by atoms with Gasteiger partial charge >= 0.3 is 0 Å². The second-order valence-corrected chi connectivity index (χ2v) is 2.15. The first-order valence-corrected chi connectivity index (χ1v) is 3.55. The van der Waals surface area contributed by atoms with Gasteiger partial charge in [-0.1, -0.05) is 0 Å². The molecule has 0 N–H and O–H groups in total. The summed E-state index contributed by atoms with van der Waals surface area (Å²) < 4.78 is 4.47. The van der Waals surface area contributed by atoms with Crippen molar-refractivity contribution in [1.29, 1.82) is 0 Å². The van der Waals surface area contributed by atoms with Gasteiger partial charge in [0.1, 0.15) is 6.26 Å². The van der Waals surface area contributed by atoms with Crippen LogP contribution in [-0.2, 0) is 9.59 Å². The number of ketones is 2. The van der Waals surface area contributed by atoms with Gasteiger partial charge in [0.05, 0.1) is 6.20 Å². The van der Waals surface area contributed by atoms with E-state index in [-0.39, 0.29) is 11.6 Å². The van der Waals surface area contributed by atoms with E-state index in [4.69, 9.17) is 0 Å². The molecule has 0 aromatic carbocycles. The van der Waals surface area contributed by atoms with Gasteiger partial charge in [0.2, 0.25) is 0 Å². The number of oxazole rings is 1. The van der Waals surface area contributed by atoms with E-state index in [2.05, 4.69) is 9.40 Å². The van der Waals surface area contributed by atoms with Crippen molar-refractivity contribution in [3.63, 3.8) is 0 Å². The maximum Gasteiger partial charge on any atom is 0.180 e. The first kappa shape index (κ1) is 9.12. The lowest BCUT2D eigenvalue weighted by atomic mass is 10.2. The lowest BCUT2D eigenvalue weighted by Crippen LogP contribution is -1.97. The summed E-state index contributed by atoms with van der Waals surface area (Å²) in [6.45, 7) is 0. The average molecular weight is 177 g/mol. The fraction of sp³-hybridized carbons (Fsp3) is 0. The van der Waals surface area contributed by atoms with Gasteiger partial charge in [0.15, 0.2) is 18.0 Å². The zero-order chi connectivity index (χ0) is 9.52. The summed E-state index contributed by atoms with van der Waals surface area (Å²) in [7, 11) is 0. The number of rotatable bonds is 0. The molecular weight excluding hydrogens is 170 g/mol. The average Bonchev–Trinajstić information content (AvgIpc) is 2.68. The van der Waals surface area contributed by atoms with Crippen LogP contribution in [0.25, 0.3) is 0 Å². The third-order valence-electron chi connectivity index (χ3n) is 1.17. The highest BCUT2D eigenvalue weighted by Crippen LogP contribution is 1.90. The Kier molecular flexibility index (Phi) is 3.38. The molecule has 0 radical (unpaired) electrons. The molecule has 0 spiro atoms. The van der Waals surface area contributed by atoms with Gasteiger partial charge in [0, 0.05) is 0 Å². The van der Waals surface area contributed by atoms with Crippen molar-refractivity contribution in [2.75, 3.05) is 0 Å². The Bertz CT molecular complexity index is 281. The molecule has 66 valence electrons. The molecule has 0 unspecified atom stereocenters. The van der Waals surface area contributed by atoms with E-state index in [1.54, 1.807) is 6.20 Å². The van der Waals surface area contributed by atoms with E-state index in [0.29, 0.717) is 0 Å². The number of allylic oxidation sites excluding steroid dienone is 4. The maximum atomic E-state index is 10.3. The molecule has 4 heteroatoms. The van der Waals surface area contributed by atoms with Crippen molar-refractivity contribution >= 4 is 11.6 Å². The molecule has 1 heterocycles. The van der Waals surface area contributed by atoms with Gasteiger partial charge in [-0.15, -0.1) is 0 Å². The molecule has 1 aromatic heterocycles. The molecule has 4 nitrogen and oxygen atoms in total. The van der Waals surface area contributed by atoms with Gasteiger partial charge in [0.25, 0.3) is 0 Å². The number of carbonyl (C=O) groups excluding carboxylic acids is 2. The number of hydrogen-bond acceptors (Lipinski definition) is 4. The molecule has 0 atom stereocenters. The Morgan fingerprint density at radius 3 is 1.77 bits per heavy atom. The van der Waals surface area contributed by atoms with Crippen LogP contribution in [0.3, 0.4) is 0 Å². The lowest BCUT2D eigenvalue weighted by molar-refractivity contribution is -0.113. The van der Waals surface area contributed by atoms with Crippen LogP contribution in [0.1, 0.15) is 0 Å². The molecule has 1 aliphatic rings. The molecule has 1 aliphatic carbocycles. The molecule has 0 bridgehead atoms. The van der Waals surface area contributed by atoms with Crippen molar-refractivity contribution in [3.8, 4) is 0 Å². The number of hydrogen-bond donors (Lipinski definition) is 0. The standard InChI is InChI=1S/C6H4O2.C3H3NO/c7-5-1-2-6(8)4-3-5;1-2-5-3-4-1/h1-4H;1-3H. The van der Waals surface area contributed by atoms with Crippen molar-refractivity contribution in [3.05, 3.63) is 43.2 Å². The molecule has 0 saturated heterocycles. The highest BCUT2D eigenvalue weighted by molar-refractivity contribution is 6.14. The quantitative estimate of drug-likeness (QED) is 0.553. The highest BCUT2D eigenvalue weighted by Gasteiger charge is 1.97. The molecule has 0 fully saturated rings. The third-order valence-corrected chi connectivity index (χ3v) is 1.17. The van der Waals surface area contributed by atoms with Crippen molar-refractivity contribution in [2.24, 2.45) is 0 Å². The number of nitrogens with zero attached hydrogens (tertiary/aromatic N) is 1. The summed E-state index contributed by atoms with van der Waals surface area (Å²) in [5, 5.41) is 0. The summed E-state index contributed by atoms with van der Waals surface area (Å²) in [5.41, 5.74) is 0. The zero-order valence-corrected chi connectivity index (χ0v) is 6.71. The van der Waals surface area contributed by atoms with E-state index >= 15 is 0 Å². The van der Waals surface area contributed by atoms with Crippen LogP contribution in [-0.4, -0.2) is 16.6 Å². The SMILES string of the molecule is O=C1C=CC(=O)C=C1.c1cocn1. The van der Waals surface area contributed by atoms with Crippen LogP contribution >= 0.6 is 0 Å². The summed E-state index contributed by atoms with van der Waals surface area (Å²) in [6.07, 6.45) is 9.48. The molecule has 0 saturated carbocycles. The summed E-state index contributed by atoms with van der Waals surface area (Å²) in [5.74, 6) is -0.241. The predicted molar refractivity (Wildman–Crippen MR) is 44.8 cm³/mol. The van der Waals surface area contributed by atoms with Crippen LogP contribution in [0.5, 0.6) is 0 Å². The van der Waals surface area contributed by atoms with Gasteiger partial charge in [-0.2, -0.15) is 0 Å². The van der Waals surface area contributed by atoms with Crippen LogP contribution < -0.4 is 0 Å². The van der Waals surface area contributed by atoms with E-state index < -0.39 is 0 Å². The second kappa shape index (κ2) is 4.82. The number of aromatic nitrogens is 1. The minimum absolute atomic E-state index is 0.121. The Morgan fingerprint density at radius 2 is 1.54 bits per heavy atom. The monoisotopic (exact) mass is 177 g/mol. The zero-order valence-electron chi connectivity index (χ0n) is 6.71. The third kappa shape index (κ3) is 3.81. The van der Waals surface area contributed by atoms with Gasteiger partial charge in [-0.05, 0) is 24.3 Å². The smallest absolute Gasteiger partial charge is 0.180 e. The summed E-state index contributed by atoms with van der Waals surface area (Å²) in [4.78, 5) is 24.1. The Morgan fingerprint density at radius 1 is 1.00 bits per heavy atom. The number of carbonyl (C=O) groups is 2. The van der Waals surface area contributed by atoms with Crippen LogP contribution in [0.2, 0.25) is 0 Å². The normalized spacial score (nSPS) is 13.8. The summed E-state index contributed by atoms with van der Waals surface area (Å²) in [6, 6.07) is 0. The highest BCUT2D eigenvalue weighted by atomic mass is 16.3. The topological polar surface area (TPSA) is 60.2 Å². The second-order valence-electron chi connectivity index (χ2n) is 2.15. The van der Waals surface area contributed by atoms with Crippen LogP contribution in [0.15, 0.2) is 47.6 Å². The molecule has 0 aliphatic heterocycles. The maximum absolute atomic E-state index is 10.3. The van der Waals surface area contributed by atoms with Crippen molar-refractivity contribution in [2.45, 2.75) is 0 Å². The first-order valence-electron chi connectivity index (χ1n) is 3.55. The summed E-state index contributed by atoms with van der Waals surface area (Å²) >= 11 is 0. The van der Waals surface area contributed by atoms with Gasteiger partial charge < -0.3 is 4.42 Å². The minimum Gasteiger partial charge on any atom is -0.452 e. The van der Waals surface area contributed by atoms with Crippen molar-refractivity contribution < 1.29 is 14.0 Å². The molecular formula is C9H7NO3. The Labute approximate surface area is 74.6 Å². The van der Waals surface area contributed by atoms with Gasteiger partial charge in [-0.3, -0.25) is 9.59 Å². The van der Waals surface area contributed by atoms with E-state index in [9.17, 15) is 9.59 Å². The fourth-order valence-electron chi connectivity index (χ4n) is 0.615. The molecule has 2 rings (SSSR count). The first-order chi connectivity index (χ1) is 6.29. The van der Waals surface area contributed by atoms with Gasteiger partial charge in [-0.25, -0.2) is 4.98 Å². The van der Waals surface area contributed by atoms with E-state index in [1.807, 2.05) is 0 Å². The minimum atomic E-state index is -0.121. The Balaban J connectivity index is 0.000000145. The molecule has 1 aromatic rings. The van der Waals surface area contributed by atoms with E-state index in [0.717, 1.165) is 0 Å². The predicted octanol–water partition coefficient (Wildman–Crippen LogP) is 0.925. The van der Waals surface area contributed by atoms with Crippen molar-refractivity contribution in [1.82, 2.24) is 4.98 Å². The lowest BCUT2D eigenvalue weighted by Gasteiger charge is -1.87. The largest absolute Gasteiger partial charge is 0.452 e. The van der Waals surface area contributed by atoms with Crippen LogP contribution in [0, 0.1) is 0 Å². The molecule has 13 heavy (non-hydrogen) atoms. The Hall–Kier alpha value is -1.97. The van der Waals surface area contributed by atoms with Crippen LogP contribution in [0.4, 0.5) is 0 Å². The molecule has 0 amide bonds. The van der Waals surface area contributed by atoms with E-state index in [1.165, 1.54) is 37.0 Å². The fourth-order valence-corrected chi connectivity index (χ4v) is 0.615.